The Hall–Kier alpha value is -1.51. The minimum absolute atomic E-state index is 0.136. The van der Waals surface area contributed by atoms with E-state index in [9.17, 15) is 0 Å². The highest BCUT2D eigenvalue weighted by atomic mass is 35.5. The highest BCUT2D eigenvalue weighted by Gasteiger charge is 2.17. The van der Waals surface area contributed by atoms with Gasteiger partial charge in [0.05, 0.1) is 5.02 Å². The first-order valence-electron chi connectivity index (χ1n) is 5.48. The van der Waals surface area contributed by atoms with Crippen LogP contribution in [0.25, 0.3) is 6.08 Å². The van der Waals surface area contributed by atoms with Gasteiger partial charge in [0.15, 0.2) is 0 Å². The molecular weight excluding hydrogens is 269 g/mol. The molecule has 0 bridgehead atoms. The molecule has 2 nitrogen and oxygen atoms in total. The Labute approximate surface area is 115 Å². The molecule has 3 rings (SSSR count). The molecule has 2 heterocycles. The predicted molar refractivity (Wildman–Crippen MR) is 73.1 cm³/mol. The highest BCUT2D eigenvalue weighted by molar-refractivity contribution is 6.30. The molecule has 0 spiro atoms. The van der Waals surface area contributed by atoms with Crippen molar-refractivity contribution in [3.05, 3.63) is 63.8 Å². The van der Waals surface area contributed by atoms with Gasteiger partial charge in [0, 0.05) is 16.8 Å². The fraction of sp³-hybridized carbons (Fsp3) is 0.0714. The van der Waals surface area contributed by atoms with E-state index in [0.717, 1.165) is 11.1 Å². The summed E-state index contributed by atoms with van der Waals surface area (Å²) in [7, 11) is 0. The van der Waals surface area contributed by atoms with Crippen molar-refractivity contribution in [3.8, 4) is 5.88 Å². The highest BCUT2D eigenvalue weighted by Crippen LogP contribution is 2.32. The van der Waals surface area contributed by atoms with Gasteiger partial charge in [-0.25, -0.2) is 4.98 Å². The zero-order valence-electron chi connectivity index (χ0n) is 9.31. The van der Waals surface area contributed by atoms with Gasteiger partial charge >= 0.3 is 0 Å². The van der Waals surface area contributed by atoms with Gasteiger partial charge in [-0.3, -0.25) is 0 Å². The van der Waals surface area contributed by atoms with Crippen LogP contribution in [0.5, 0.6) is 5.88 Å². The normalized spacial score (nSPS) is 17.1. The van der Waals surface area contributed by atoms with Crippen molar-refractivity contribution < 1.29 is 4.74 Å². The summed E-state index contributed by atoms with van der Waals surface area (Å²) in [5.74, 6) is 0.599. The Balaban J connectivity index is 1.92. The predicted octanol–water partition coefficient (Wildman–Crippen LogP) is 4.54. The number of rotatable bonds is 1. The van der Waals surface area contributed by atoms with Gasteiger partial charge in [0.1, 0.15) is 6.10 Å². The zero-order valence-corrected chi connectivity index (χ0v) is 10.8. The molecule has 0 aliphatic carbocycles. The summed E-state index contributed by atoms with van der Waals surface area (Å²) in [4.78, 5) is 4.18. The Morgan fingerprint density at radius 1 is 1.06 bits per heavy atom. The number of halogens is 2. The lowest BCUT2D eigenvalue weighted by Crippen LogP contribution is -2.09. The molecule has 0 unspecified atom stereocenters. The van der Waals surface area contributed by atoms with Gasteiger partial charge < -0.3 is 4.74 Å². The van der Waals surface area contributed by atoms with Crippen LogP contribution in [-0.2, 0) is 0 Å². The summed E-state index contributed by atoms with van der Waals surface area (Å²) < 4.78 is 5.81. The lowest BCUT2D eigenvalue weighted by Gasteiger charge is -2.20. The summed E-state index contributed by atoms with van der Waals surface area (Å²) >= 11 is 11.7. The molecule has 1 aromatic carbocycles. The lowest BCUT2D eigenvalue weighted by atomic mass is 10.1. The number of aromatic nitrogens is 1. The minimum Gasteiger partial charge on any atom is -0.465 e. The summed E-state index contributed by atoms with van der Waals surface area (Å²) in [6, 6.07) is 9.41. The first-order valence-corrected chi connectivity index (χ1v) is 6.24. The Kier molecular flexibility index (Phi) is 2.98. The first-order chi connectivity index (χ1) is 8.72. The molecule has 0 fully saturated rings. The average Bonchev–Trinajstić information content (AvgIpc) is 2.39. The van der Waals surface area contributed by atoms with Crippen molar-refractivity contribution in [2.24, 2.45) is 0 Å². The number of nitrogens with zero attached hydrogens (tertiary/aromatic N) is 1. The molecule has 2 aromatic rings. The van der Waals surface area contributed by atoms with Crippen molar-refractivity contribution >= 4 is 29.3 Å². The van der Waals surface area contributed by atoms with Gasteiger partial charge in [-0.05, 0) is 35.9 Å². The van der Waals surface area contributed by atoms with Crippen LogP contribution >= 0.6 is 23.2 Å². The largest absolute Gasteiger partial charge is 0.465 e. The molecule has 0 saturated heterocycles. The van der Waals surface area contributed by atoms with E-state index in [2.05, 4.69) is 4.98 Å². The van der Waals surface area contributed by atoms with Gasteiger partial charge in [0.2, 0.25) is 5.88 Å². The SMILES string of the molecule is Clc1ccc([C@@H]2C=Cc3cc(Cl)cnc3O2)cc1. The zero-order chi connectivity index (χ0) is 12.5. The third kappa shape index (κ3) is 2.22. The van der Waals surface area contributed by atoms with Crippen LogP contribution in [0.4, 0.5) is 0 Å². The molecule has 1 aliphatic heterocycles. The van der Waals surface area contributed by atoms with E-state index in [1.807, 2.05) is 42.5 Å². The van der Waals surface area contributed by atoms with E-state index in [1.54, 1.807) is 6.20 Å². The maximum absolute atomic E-state index is 5.88. The second-order valence-corrected chi connectivity index (χ2v) is 4.87. The molecular formula is C14H9Cl2NO. The van der Waals surface area contributed by atoms with Crippen molar-refractivity contribution in [1.29, 1.82) is 0 Å². The summed E-state index contributed by atoms with van der Waals surface area (Å²) in [5.41, 5.74) is 1.94. The van der Waals surface area contributed by atoms with E-state index >= 15 is 0 Å². The lowest BCUT2D eigenvalue weighted by molar-refractivity contribution is 0.241. The third-order valence-corrected chi connectivity index (χ3v) is 3.19. The van der Waals surface area contributed by atoms with E-state index in [1.165, 1.54) is 0 Å². The maximum atomic E-state index is 5.88. The molecule has 1 aromatic heterocycles. The molecule has 90 valence electrons. The van der Waals surface area contributed by atoms with E-state index in [0.29, 0.717) is 15.9 Å². The van der Waals surface area contributed by atoms with Gasteiger partial charge in [-0.2, -0.15) is 0 Å². The molecule has 0 amide bonds. The maximum Gasteiger partial charge on any atom is 0.221 e. The average molecular weight is 278 g/mol. The number of pyridine rings is 1. The molecule has 0 N–H and O–H groups in total. The molecule has 4 heteroatoms. The Morgan fingerprint density at radius 3 is 2.61 bits per heavy atom. The Bertz CT molecular complexity index is 608. The summed E-state index contributed by atoms with van der Waals surface area (Å²) in [6.45, 7) is 0. The van der Waals surface area contributed by atoms with E-state index in [-0.39, 0.29) is 6.10 Å². The minimum atomic E-state index is -0.136. The van der Waals surface area contributed by atoms with Crippen LogP contribution < -0.4 is 4.74 Å². The van der Waals surface area contributed by atoms with Crippen LogP contribution in [0.1, 0.15) is 17.2 Å². The topological polar surface area (TPSA) is 22.1 Å². The fourth-order valence-electron chi connectivity index (χ4n) is 1.84. The standard InChI is InChI=1S/C14H9Cl2NO/c15-11-4-1-9(2-5-11)13-6-3-10-7-12(16)8-17-14(10)18-13/h1-8,13H/t13-/m0/s1. The smallest absolute Gasteiger partial charge is 0.221 e. The van der Waals surface area contributed by atoms with Crippen molar-refractivity contribution in [1.82, 2.24) is 4.98 Å². The van der Waals surface area contributed by atoms with Crippen molar-refractivity contribution in [2.75, 3.05) is 0 Å². The molecule has 1 atom stereocenters. The fourth-order valence-corrected chi connectivity index (χ4v) is 2.13. The van der Waals surface area contributed by atoms with Crippen LogP contribution in [-0.4, -0.2) is 4.98 Å². The van der Waals surface area contributed by atoms with Gasteiger partial charge in [0.25, 0.3) is 0 Å². The molecule has 1 aliphatic rings. The van der Waals surface area contributed by atoms with E-state index in [4.69, 9.17) is 27.9 Å². The number of hydrogen-bond acceptors (Lipinski definition) is 2. The van der Waals surface area contributed by atoms with Crippen LogP contribution in [0.15, 0.2) is 42.6 Å². The number of fused-ring (bicyclic) bond motifs is 1. The molecule has 18 heavy (non-hydrogen) atoms. The number of hydrogen-bond donors (Lipinski definition) is 0. The Morgan fingerprint density at radius 2 is 1.83 bits per heavy atom. The number of ether oxygens (including phenoxy) is 1. The molecule has 0 radical (unpaired) electrons. The quantitative estimate of drug-likeness (QED) is 0.764. The van der Waals surface area contributed by atoms with Crippen molar-refractivity contribution in [2.45, 2.75) is 6.10 Å². The van der Waals surface area contributed by atoms with Gasteiger partial charge in [-0.1, -0.05) is 35.3 Å². The second kappa shape index (κ2) is 4.63. The number of benzene rings is 1. The van der Waals surface area contributed by atoms with Crippen LogP contribution in [0.2, 0.25) is 10.0 Å². The van der Waals surface area contributed by atoms with Crippen LogP contribution in [0.3, 0.4) is 0 Å². The second-order valence-electron chi connectivity index (χ2n) is 4.00. The first kappa shape index (κ1) is 11.6. The molecule has 0 saturated carbocycles. The third-order valence-electron chi connectivity index (χ3n) is 2.73. The monoisotopic (exact) mass is 277 g/mol. The van der Waals surface area contributed by atoms with Gasteiger partial charge in [-0.15, -0.1) is 0 Å². The summed E-state index contributed by atoms with van der Waals surface area (Å²) in [5, 5.41) is 1.32. The van der Waals surface area contributed by atoms with E-state index < -0.39 is 0 Å². The van der Waals surface area contributed by atoms with Crippen LogP contribution in [0, 0.1) is 0 Å². The summed E-state index contributed by atoms with van der Waals surface area (Å²) in [6.07, 6.45) is 5.39. The van der Waals surface area contributed by atoms with Crippen molar-refractivity contribution in [3.63, 3.8) is 0 Å².